The maximum absolute atomic E-state index is 14.2. The van der Waals surface area contributed by atoms with Gasteiger partial charge in [0.05, 0.1) is 5.56 Å². The van der Waals surface area contributed by atoms with Gasteiger partial charge in [0.15, 0.2) is 15.7 Å². The molecule has 3 aromatic rings. The number of ether oxygens (including phenoxy) is 1. The molecule has 0 spiro atoms. The summed E-state index contributed by atoms with van der Waals surface area (Å²) in [5.74, 6) is -0.650. The van der Waals surface area contributed by atoms with E-state index < -0.39 is 27.6 Å². The van der Waals surface area contributed by atoms with Crippen LogP contribution in [0.25, 0.3) is 11.4 Å². The number of rotatable bonds is 7. The Morgan fingerprint density at radius 1 is 1.13 bits per heavy atom. The predicted octanol–water partition coefficient (Wildman–Crippen LogP) is 3.75. The fourth-order valence-corrected chi connectivity index (χ4v) is 3.09. The van der Waals surface area contributed by atoms with Crippen LogP contribution in [0.2, 0.25) is 0 Å². The zero-order valence-corrected chi connectivity index (χ0v) is 17.6. The van der Waals surface area contributed by atoms with Gasteiger partial charge >= 0.3 is 0 Å². The molecule has 9 heteroatoms. The summed E-state index contributed by atoms with van der Waals surface area (Å²) in [5, 5.41) is 3.65. The van der Waals surface area contributed by atoms with Crippen LogP contribution in [0.3, 0.4) is 0 Å². The minimum absolute atomic E-state index is 0.0172. The van der Waals surface area contributed by atoms with Crippen LogP contribution >= 0.6 is 0 Å². The molecule has 1 aromatic heterocycles. The summed E-state index contributed by atoms with van der Waals surface area (Å²) in [5.41, 5.74) is 0.181. The normalized spacial score (nSPS) is 12.5. The molecule has 31 heavy (non-hydrogen) atoms. The molecular formula is C22H20FN3O4S. The number of carbonyl (C=O) groups excluding carboxylic acids is 1. The van der Waals surface area contributed by atoms with E-state index in [0.29, 0.717) is 5.75 Å². The summed E-state index contributed by atoms with van der Waals surface area (Å²) in [7, 11) is -3.33. The Bertz CT molecular complexity index is 1210. The molecule has 1 N–H and O–H groups in total. The zero-order valence-electron chi connectivity index (χ0n) is 16.8. The number of carbonyl (C=O) groups is 1. The van der Waals surface area contributed by atoms with Crippen LogP contribution in [-0.2, 0) is 9.84 Å². The highest BCUT2D eigenvalue weighted by atomic mass is 32.2. The Balaban J connectivity index is 1.95. The van der Waals surface area contributed by atoms with Crippen LogP contribution in [0.15, 0.2) is 72.3 Å². The van der Waals surface area contributed by atoms with Crippen molar-refractivity contribution in [2.45, 2.75) is 13.0 Å². The molecule has 0 aliphatic rings. The van der Waals surface area contributed by atoms with E-state index in [-0.39, 0.29) is 22.8 Å². The molecule has 1 unspecified atom stereocenters. The summed E-state index contributed by atoms with van der Waals surface area (Å²) in [6, 6.07) is 14.1. The highest BCUT2D eigenvalue weighted by Crippen LogP contribution is 2.27. The fourth-order valence-electron chi connectivity index (χ4n) is 2.57. The number of hydrogen-bond donors (Lipinski definition) is 1. The number of sulfone groups is 1. The molecule has 2 aromatic carbocycles. The van der Waals surface area contributed by atoms with Crippen LogP contribution in [0.4, 0.5) is 4.39 Å². The lowest BCUT2D eigenvalue weighted by Gasteiger charge is -2.14. The van der Waals surface area contributed by atoms with Gasteiger partial charge in [-0.1, -0.05) is 36.4 Å². The van der Waals surface area contributed by atoms with Gasteiger partial charge in [0.25, 0.3) is 5.91 Å². The number of halogens is 1. The van der Waals surface area contributed by atoms with Crippen molar-refractivity contribution in [3.63, 3.8) is 0 Å². The number of amides is 1. The topological polar surface area (TPSA) is 98.2 Å². The minimum Gasteiger partial charge on any atom is -0.438 e. The average molecular weight is 441 g/mol. The average Bonchev–Trinajstić information content (AvgIpc) is 2.73. The smallest absolute Gasteiger partial charge is 0.258 e. The number of nitrogens with one attached hydrogen (secondary N) is 1. The highest BCUT2D eigenvalue weighted by Gasteiger charge is 2.20. The first-order valence-corrected chi connectivity index (χ1v) is 11.2. The van der Waals surface area contributed by atoms with Crippen molar-refractivity contribution >= 4 is 15.7 Å². The van der Waals surface area contributed by atoms with Gasteiger partial charge in [-0.2, -0.15) is 4.98 Å². The second-order valence-corrected chi connectivity index (χ2v) is 8.66. The number of hydrogen-bond acceptors (Lipinski definition) is 6. The van der Waals surface area contributed by atoms with Gasteiger partial charge in [0, 0.05) is 23.9 Å². The SMILES string of the molecule is CC(/C=C/S(C)(=O)=O)NC(=O)c1cnc(-c2ccccc2F)nc1Oc1ccccc1. The zero-order chi connectivity index (χ0) is 22.4. The van der Waals surface area contributed by atoms with Crippen LogP contribution in [0.5, 0.6) is 11.6 Å². The van der Waals surface area contributed by atoms with Crippen molar-refractivity contribution in [3.05, 3.63) is 83.7 Å². The summed E-state index contributed by atoms with van der Waals surface area (Å²) in [4.78, 5) is 21.2. The molecule has 0 saturated heterocycles. The van der Waals surface area contributed by atoms with Gasteiger partial charge in [0.2, 0.25) is 5.88 Å². The van der Waals surface area contributed by atoms with Crippen molar-refractivity contribution in [1.29, 1.82) is 0 Å². The minimum atomic E-state index is -3.33. The molecule has 7 nitrogen and oxygen atoms in total. The number of para-hydroxylation sites is 1. The molecule has 1 amide bonds. The molecule has 3 rings (SSSR count). The number of aromatic nitrogens is 2. The fraction of sp³-hybridized carbons (Fsp3) is 0.136. The van der Waals surface area contributed by atoms with E-state index in [1.165, 1.54) is 24.4 Å². The molecule has 160 valence electrons. The van der Waals surface area contributed by atoms with Crippen LogP contribution in [-0.4, -0.2) is 36.6 Å². The lowest BCUT2D eigenvalue weighted by atomic mass is 10.2. The Morgan fingerprint density at radius 3 is 2.48 bits per heavy atom. The molecule has 0 aliphatic carbocycles. The van der Waals surface area contributed by atoms with E-state index in [1.54, 1.807) is 49.4 Å². The van der Waals surface area contributed by atoms with E-state index in [0.717, 1.165) is 11.7 Å². The molecule has 0 aliphatic heterocycles. The van der Waals surface area contributed by atoms with Crippen LogP contribution in [0, 0.1) is 5.82 Å². The van der Waals surface area contributed by atoms with E-state index in [2.05, 4.69) is 15.3 Å². The van der Waals surface area contributed by atoms with Crippen LogP contribution in [0.1, 0.15) is 17.3 Å². The van der Waals surface area contributed by atoms with Crippen molar-refractivity contribution in [2.24, 2.45) is 0 Å². The van der Waals surface area contributed by atoms with Gasteiger partial charge < -0.3 is 10.1 Å². The van der Waals surface area contributed by atoms with Crippen molar-refractivity contribution in [3.8, 4) is 23.0 Å². The Morgan fingerprint density at radius 2 is 1.81 bits per heavy atom. The van der Waals surface area contributed by atoms with E-state index in [4.69, 9.17) is 4.74 Å². The summed E-state index contributed by atoms with van der Waals surface area (Å²) >= 11 is 0. The highest BCUT2D eigenvalue weighted by molar-refractivity contribution is 7.93. The van der Waals surface area contributed by atoms with Crippen molar-refractivity contribution < 1.29 is 22.3 Å². The maximum Gasteiger partial charge on any atom is 0.258 e. The monoisotopic (exact) mass is 441 g/mol. The Kier molecular flexibility index (Phi) is 6.76. The quantitative estimate of drug-likeness (QED) is 0.600. The molecule has 0 fully saturated rings. The molecule has 0 bridgehead atoms. The molecule has 1 atom stereocenters. The Labute approximate surface area is 179 Å². The first-order chi connectivity index (χ1) is 14.7. The van der Waals surface area contributed by atoms with Crippen molar-refractivity contribution in [1.82, 2.24) is 15.3 Å². The van der Waals surface area contributed by atoms with E-state index in [1.807, 2.05) is 0 Å². The van der Waals surface area contributed by atoms with Crippen molar-refractivity contribution in [2.75, 3.05) is 6.26 Å². The lowest BCUT2D eigenvalue weighted by Crippen LogP contribution is -2.31. The molecule has 0 saturated carbocycles. The first kappa shape index (κ1) is 22.1. The first-order valence-electron chi connectivity index (χ1n) is 9.27. The molecule has 0 radical (unpaired) electrons. The summed E-state index contributed by atoms with van der Waals surface area (Å²) in [6.45, 7) is 1.62. The molecule has 1 heterocycles. The third-order valence-corrected chi connectivity index (χ3v) is 4.70. The van der Waals surface area contributed by atoms with Gasteiger partial charge in [-0.15, -0.1) is 0 Å². The maximum atomic E-state index is 14.2. The summed E-state index contributed by atoms with van der Waals surface area (Å²) < 4.78 is 42.5. The second kappa shape index (κ2) is 9.48. The van der Waals surface area contributed by atoms with E-state index in [9.17, 15) is 17.6 Å². The number of benzene rings is 2. The van der Waals surface area contributed by atoms with E-state index >= 15 is 0 Å². The third kappa shape index (κ3) is 6.19. The van der Waals surface area contributed by atoms with Gasteiger partial charge in [-0.25, -0.2) is 17.8 Å². The largest absolute Gasteiger partial charge is 0.438 e. The lowest BCUT2D eigenvalue weighted by molar-refractivity contribution is 0.0943. The van der Waals surface area contributed by atoms with Gasteiger partial charge in [-0.3, -0.25) is 4.79 Å². The van der Waals surface area contributed by atoms with Gasteiger partial charge in [-0.05, 0) is 31.2 Å². The second-order valence-electron chi connectivity index (χ2n) is 6.73. The Hall–Kier alpha value is -3.59. The molecular weight excluding hydrogens is 421 g/mol. The number of nitrogens with zero attached hydrogens (tertiary/aromatic N) is 2. The predicted molar refractivity (Wildman–Crippen MR) is 115 cm³/mol. The standard InChI is InChI=1S/C22H20FN3O4S/c1-15(12-13-31(2,28)29)25-21(27)18-14-24-20(17-10-6-7-11-19(17)23)26-22(18)30-16-8-4-3-5-9-16/h3-15H,1-2H3,(H,25,27)/b13-12+. The summed E-state index contributed by atoms with van der Waals surface area (Å²) in [6.07, 6.45) is 3.65. The van der Waals surface area contributed by atoms with Crippen LogP contribution < -0.4 is 10.1 Å². The third-order valence-electron chi connectivity index (χ3n) is 4.04. The van der Waals surface area contributed by atoms with Gasteiger partial charge in [0.1, 0.15) is 17.1 Å².